The Morgan fingerprint density at radius 1 is 1.24 bits per heavy atom. The van der Waals surface area contributed by atoms with Crippen LogP contribution in [0.2, 0.25) is 5.02 Å². The Morgan fingerprint density at radius 2 is 2.00 bits per heavy atom. The first-order valence-corrected chi connectivity index (χ1v) is 9.82. The Kier molecular flexibility index (Phi) is 7.40. The van der Waals surface area contributed by atoms with E-state index in [0.717, 1.165) is 37.7 Å². The van der Waals surface area contributed by atoms with Crippen molar-refractivity contribution in [3.63, 3.8) is 0 Å². The third kappa shape index (κ3) is 6.18. The molecule has 0 radical (unpaired) electrons. The normalized spacial score (nSPS) is 13.8. The molecule has 0 saturated carbocycles. The summed E-state index contributed by atoms with van der Waals surface area (Å²) in [6, 6.07) is 9.90. The number of allylic oxidation sites excluding steroid dienone is 1. The Labute approximate surface area is 174 Å². The van der Waals surface area contributed by atoms with Gasteiger partial charge in [0.1, 0.15) is 5.02 Å². The number of anilines is 2. The molecule has 152 valence electrons. The molecule has 4 N–H and O–H groups in total. The minimum atomic E-state index is 0.0539. The van der Waals surface area contributed by atoms with Crippen molar-refractivity contribution in [1.29, 1.82) is 5.41 Å². The zero-order valence-corrected chi connectivity index (χ0v) is 16.7. The van der Waals surface area contributed by atoms with Crippen LogP contribution in [0.25, 0.3) is 0 Å². The SMILES string of the molecule is N=C/C(=C\NCC(=O)N1CCCC1)Nc1ncc(Cl)c(NCc2ccccc2)n1. The maximum Gasteiger partial charge on any atom is 0.241 e. The van der Waals surface area contributed by atoms with Gasteiger partial charge in [0.15, 0.2) is 5.82 Å². The number of hydrogen-bond donors (Lipinski definition) is 4. The van der Waals surface area contributed by atoms with Gasteiger partial charge >= 0.3 is 0 Å². The van der Waals surface area contributed by atoms with Crippen LogP contribution in [0, 0.1) is 5.41 Å². The molecule has 1 aliphatic heterocycles. The van der Waals surface area contributed by atoms with Crippen LogP contribution in [0.5, 0.6) is 0 Å². The van der Waals surface area contributed by atoms with Crippen molar-refractivity contribution in [2.45, 2.75) is 19.4 Å². The second-order valence-corrected chi connectivity index (χ2v) is 6.97. The summed E-state index contributed by atoms with van der Waals surface area (Å²) in [4.78, 5) is 22.4. The molecule has 2 aromatic rings. The van der Waals surface area contributed by atoms with Gasteiger partial charge in [-0.25, -0.2) is 4.98 Å². The molecule has 0 atom stereocenters. The molecule has 1 aliphatic rings. The summed E-state index contributed by atoms with van der Waals surface area (Å²) in [5.74, 6) is 0.847. The molecule has 0 aliphatic carbocycles. The number of carbonyl (C=O) groups is 1. The Hall–Kier alpha value is -3.13. The lowest BCUT2D eigenvalue weighted by Crippen LogP contribution is -2.34. The summed E-state index contributed by atoms with van der Waals surface area (Å²) in [5, 5.41) is 17.0. The van der Waals surface area contributed by atoms with E-state index < -0.39 is 0 Å². The molecular formula is C20H24ClN7O. The van der Waals surface area contributed by atoms with E-state index in [1.165, 1.54) is 6.20 Å². The fourth-order valence-corrected chi connectivity index (χ4v) is 3.06. The van der Waals surface area contributed by atoms with Crippen LogP contribution >= 0.6 is 11.6 Å². The van der Waals surface area contributed by atoms with Crippen LogP contribution in [0.15, 0.2) is 48.4 Å². The lowest BCUT2D eigenvalue weighted by Gasteiger charge is -2.15. The Balaban J connectivity index is 1.57. The maximum absolute atomic E-state index is 12.1. The number of benzene rings is 1. The van der Waals surface area contributed by atoms with Crippen LogP contribution in [0.3, 0.4) is 0 Å². The van der Waals surface area contributed by atoms with Crippen LogP contribution in [-0.4, -0.2) is 46.6 Å². The molecule has 1 aromatic carbocycles. The van der Waals surface area contributed by atoms with Gasteiger partial charge in [-0.2, -0.15) is 4.98 Å². The molecular weight excluding hydrogens is 390 g/mol. The van der Waals surface area contributed by atoms with E-state index >= 15 is 0 Å². The third-order valence-corrected chi connectivity index (χ3v) is 4.70. The molecule has 3 rings (SSSR count). The smallest absolute Gasteiger partial charge is 0.241 e. The highest BCUT2D eigenvalue weighted by atomic mass is 35.5. The number of halogens is 1. The quantitative estimate of drug-likeness (QED) is 0.471. The Bertz CT molecular complexity index is 866. The van der Waals surface area contributed by atoms with Crippen LogP contribution in [0.1, 0.15) is 18.4 Å². The number of hydrogen-bond acceptors (Lipinski definition) is 7. The first-order chi connectivity index (χ1) is 14.2. The fourth-order valence-electron chi connectivity index (χ4n) is 2.90. The average molecular weight is 414 g/mol. The van der Waals surface area contributed by atoms with Crippen LogP contribution < -0.4 is 16.0 Å². The lowest BCUT2D eigenvalue weighted by atomic mass is 10.2. The van der Waals surface area contributed by atoms with Gasteiger partial charge < -0.3 is 26.3 Å². The van der Waals surface area contributed by atoms with Crippen molar-refractivity contribution in [1.82, 2.24) is 20.2 Å². The van der Waals surface area contributed by atoms with Gasteiger partial charge in [0.05, 0.1) is 18.4 Å². The molecule has 0 bridgehead atoms. The highest BCUT2D eigenvalue weighted by Crippen LogP contribution is 2.20. The van der Waals surface area contributed by atoms with E-state index in [9.17, 15) is 4.79 Å². The zero-order chi connectivity index (χ0) is 20.5. The third-order valence-electron chi connectivity index (χ3n) is 4.43. The van der Waals surface area contributed by atoms with Gasteiger partial charge in [-0.05, 0) is 18.4 Å². The molecule has 1 aromatic heterocycles. The molecule has 29 heavy (non-hydrogen) atoms. The largest absolute Gasteiger partial charge is 0.380 e. The van der Waals surface area contributed by atoms with E-state index in [1.807, 2.05) is 35.2 Å². The molecule has 1 amide bonds. The van der Waals surface area contributed by atoms with Crippen molar-refractivity contribution in [2.75, 3.05) is 30.3 Å². The van der Waals surface area contributed by atoms with Gasteiger partial charge in [0.2, 0.25) is 11.9 Å². The fraction of sp³-hybridized carbons (Fsp3) is 0.300. The highest BCUT2D eigenvalue weighted by molar-refractivity contribution is 6.32. The average Bonchev–Trinajstić information content (AvgIpc) is 3.29. The topological polar surface area (TPSA) is 106 Å². The van der Waals surface area contributed by atoms with E-state index in [1.54, 1.807) is 6.20 Å². The predicted octanol–water partition coefficient (Wildman–Crippen LogP) is 2.86. The minimum Gasteiger partial charge on any atom is -0.380 e. The summed E-state index contributed by atoms with van der Waals surface area (Å²) in [7, 11) is 0. The number of nitrogens with one attached hydrogen (secondary N) is 4. The first kappa shape index (κ1) is 20.6. The van der Waals surface area contributed by atoms with Gasteiger partial charge in [0, 0.05) is 32.0 Å². The molecule has 0 spiro atoms. The molecule has 8 nitrogen and oxygen atoms in total. The number of likely N-dealkylation sites (tertiary alicyclic amines) is 1. The van der Waals surface area contributed by atoms with Gasteiger partial charge in [-0.15, -0.1) is 0 Å². The molecule has 2 heterocycles. The zero-order valence-electron chi connectivity index (χ0n) is 16.0. The van der Waals surface area contributed by atoms with E-state index in [0.29, 0.717) is 29.0 Å². The van der Waals surface area contributed by atoms with Gasteiger partial charge in [-0.1, -0.05) is 41.9 Å². The standard InChI is InChI=1S/C20H24ClN7O/c21-17-13-25-20(27-19(17)24-11-15-6-2-1-3-7-15)26-16(10-22)12-23-14-18(29)28-8-4-5-9-28/h1-3,6-7,10,12-13,22-23H,4-5,8-9,11,14H2,(H2,24,25,26,27)/b16-12+,22-10?. The van der Waals surface area contributed by atoms with Crippen molar-refractivity contribution in [3.05, 3.63) is 59.0 Å². The number of amides is 1. The summed E-state index contributed by atoms with van der Waals surface area (Å²) >= 11 is 6.18. The van der Waals surface area contributed by atoms with Crippen molar-refractivity contribution < 1.29 is 4.79 Å². The van der Waals surface area contributed by atoms with E-state index in [-0.39, 0.29) is 12.5 Å². The lowest BCUT2D eigenvalue weighted by molar-refractivity contribution is -0.128. The number of rotatable bonds is 9. The summed E-state index contributed by atoms with van der Waals surface area (Å²) in [6.45, 7) is 2.39. The van der Waals surface area contributed by atoms with Crippen LogP contribution in [-0.2, 0) is 11.3 Å². The second-order valence-electron chi connectivity index (χ2n) is 6.57. The van der Waals surface area contributed by atoms with Crippen molar-refractivity contribution in [2.24, 2.45) is 0 Å². The molecule has 9 heteroatoms. The summed E-state index contributed by atoms with van der Waals surface area (Å²) in [5.41, 5.74) is 1.53. The number of carbonyl (C=O) groups excluding carboxylic acids is 1. The summed E-state index contributed by atoms with van der Waals surface area (Å²) < 4.78 is 0. The summed E-state index contributed by atoms with van der Waals surface area (Å²) in [6.07, 6.45) is 6.31. The van der Waals surface area contributed by atoms with Gasteiger partial charge in [-0.3, -0.25) is 4.79 Å². The Morgan fingerprint density at radius 3 is 2.72 bits per heavy atom. The van der Waals surface area contributed by atoms with Crippen molar-refractivity contribution in [3.8, 4) is 0 Å². The second kappa shape index (κ2) is 10.4. The van der Waals surface area contributed by atoms with Gasteiger partial charge in [0.25, 0.3) is 0 Å². The predicted molar refractivity (Wildman–Crippen MR) is 115 cm³/mol. The maximum atomic E-state index is 12.1. The molecule has 1 fully saturated rings. The van der Waals surface area contributed by atoms with E-state index in [4.69, 9.17) is 17.0 Å². The van der Waals surface area contributed by atoms with E-state index in [2.05, 4.69) is 25.9 Å². The number of nitrogens with zero attached hydrogens (tertiary/aromatic N) is 3. The minimum absolute atomic E-state index is 0.0539. The molecule has 1 saturated heterocycles. The molecule has 0 unspecified atom stereocenters. The van der Waals surface area contributed by atoms with Crippen molar-refractivity contribution >= 4 is 35.5 Å². The number of aromatic nitrogens is 2. The highest BCUT2D eigenvalue weighted by Gasteiger charge is 2.16. The monoisotopic (exact) mass is 413 g/mol. The first-order valence-electron chi connectivity index (χ1n) is 9.45. The van der Waals surface area contributed by atoms with Crippen LogP contribution in [0.4, 0.5) is 11.8 Å².